The van der Waals surface area contributed by atoms with E-state index in [-0.39, 0.29) is 35.3 Å². The fraction of sp³-hybridized carbons (Fsp3) is 0.529. The molecule has 1 aromatic carbocycles. The molecule has 8 heteroatoms. The van der Waals surface area contributed by atoms with E-state index in [4.69, 9.17) is 4.74 Å². The predicted octanol–water partition coefficient (Wildman–Crippen LogP) is 1.87. The largest absolute Gasteiger partial charge is 0.482 e. The molecular formula is C17H24N2O5S. The molecule has 2 N–H and O–H groups in total. The van der Waals surface area contributed by atoms with Crippen LogP contribution in [0, 0.1) is 0 Å². The summed E-state index contributed by atoms with van der Waals surface area (Å²) in [6.45, 7) is 7.13. The molecule has 1 unspecified atom stereocenters. The van der Waals surface area contributed by atoms with Crippen LogP contribution < -0.4 is 15.4 Å². The molecular weight excluding hydrogens is 344 g/mol. The summed E-state index contributed by atoms with van der Waals surface area (Å²) >= 11 is 0. The molecule has 2 amide bonds. The van der Waals surface area contributed by atoms with E-state index < -0.39 is 15.1 Å². The van der Waals surface area contributed by atoms with Gasteiger partial charge < -0.3 is 15.4 Å². The lowest BCUT2D eigenvalue weighted by molar-refractivity contribution is -0.122. The number of ether oxygens (including phenoxy) is 1. The summed E-state index contributed by atoms with van der Waals surface area (Å²) in [6.07, 6.45) is 0.607. The minimum absolute atomic E-state index is 0.0482. The average molecular weight is 368 g/mol. The van der Waals surface area contributed by atoms with Crippen molar-refractivity contribution in [2.45, 2.75) is 56.2 Å². The number of carbonyl (C=O) groups excluding carboxylic acids is 2. The lowest BCUT2D eigenvalue weighted by atomic mass is 10.0. The lowest BCUT2D eigenvalue weighted by Gasteiger charge is -2.25. The minimum atomic E-state index is -3.72. The summed E-state index contributed by atoms with van der Waals surface area (Å²) in [6, 6.07) is 4.30. The number of amides is 2. The van der Waals surface area contributed by atoms with Crippen molar-refractivity contribution in [3.8, 4) is 5.75 Å². The topological polar surface area (TPSA) is 102 Å². The molecule has 1 heterocycles. The van der Waals surface area contributed by atoms with E-state index in [9.17, 15) is 18.0 Å². The highest BCUT2D eigenvalue weighted by Crippen LogP contribution is 2.31. The minimum Gasteiger partial charge on any atom is -0.482 e. The van der Waals surface area contributed by atoms with Gasteiger partial charge in [-0.05, 0) is 45.4 Å². The SMILES string of the molecule is CCC(C)(C)NC(=O)CC(C)S(=O)(=O)c1ccc2c(c1)NC(=O)CO2. The van der Waals surface area contributed by atoms with Gasteiger partial charge in [-0.2, -0.15) is 0 Å². The normalized spacial score (nSPS) is 15.6. The van der Waals surface area contributed by atoms with Crippen LogP contribution in [-0.2, 0) is 19.4 Å². The van der Waals surface area contributed by atoms with E-state index in [1.165, 1.54) is 25.1 Å². The number of nitrogens with one attached hydrogen (secondary N) is 2. The highest BCUT2D eigenvalue weighted by molar-refractivity contribution is 7.92. The molecule has 1 atom stereocenters. The van der Waals surface area contributed by atoms with Gasteiger partial charge in [0, 0.05) is 12.0 Å². The Morgan fingerprint density at radius 2 is 2.08 bits per heavy atom. The van der Waals surface area contributed by atoms with Gasteiger partial charge in [-0.1, -0.05) is 6.92 Å². The molecule has 0 fully saturated rings. The zero-order chi connectivity index (χ0) is 18.8. The molecule has 0 bridgehead atoms. The molecule has 25 heavy (non-hydrogen) atoms. The van der Waals surface area contributed by atoms with Crippen LogP contribution in [0.15, 0.2) is 23.1 Å². The quantitative estimate of drug-likeness (QED) is 0.798. The van der Waals surface area contributed by atoms with E-state index in [1.807, 2.05) is 20.8 Å². The van der Waals surface area contributed by atoms with Crippen LogP contribution >= 0.6 is 0 Å². The highest BCUT2D eigenvalue weighted by atomic mass is 32.2. The maximum atomic E-state index is 12.7. The van der Waals surface area contributed by atoms with Gasteiger partial charge in [0.1, 0.15) is 5.75 Å². The van der Waals surface area contributed by atoms with Crippen molar-refractivity contribution in [3.63, 3.8) is 0 Å². The number of hydrogen-bond donors (Lipinski definition) is 2. The van der Waals surface area contributed by atoms with Gasteiger partial charge in [0.2, 0.25) is 5.91 Å². The Hall–Kier alpha value is -2.09. The Kier molecular flexibility index (Phi) is 5.41. The molecule has 1 aliphatic heterocycles. The first-order valence-electron chi connectivity index (χ1n) is 8.17. The smallest absolute Gasteiger partial charge is 0.262 e. The molecule has 0 spiro atoms. The average Bonchev–Trinajstić information content (AvgIpc) is 2.53. The lowest BCUT2D eigenvalue weighted by Crippen LogP contribution is -2.44. The number of fused-ring (bicyclic) bond motifs is 1. The Balaban J connectivity index is 2.16. The second-order valence-corrected chi connectivity index (χ2v) is 9.21. The Bertz CT molecular complexity index is 786. The Morgan fingerprint density at radius 3 is 2.72 bits per heavy atom. The van der Waals surface area contributed by atoms with Crippen LogP contribution in [0.5, 0.6) is 5.75 Å². The third kappa shape index (κ3) is 4.50. The van der Waals surface area contributed by atoms with Crippen molar-refractivity contribution in [2.75, 3.05) is 11.9 Å². The maximum Gasteiger partial charge on any atom is 0.262 e. The van der Waals surface area contributed by atoms with Crippen molar-refractivity contribution in [1.29, 1.82) is 0 Å². The molecule has 0 aliphatic carbocycles. The molecule has 7 nitrogen and oxygen atoms in total. The van der Waals surface area contributed by atoms with E-state index in [2.05, 4.69) is 10.6 Å². The first-order valence-corrected chi connectivity index (χ1v) is 9.71. The summed E-state index contributed by atoms with van der Waals surface area (Å²) in [5.41, 5.74) is -0.0605. The summed E-state index contributed by atoms with van der Waals surface area (Å²) in [7, 11) is -3.72. The third-order valence-corrected chi connectivity index (χ3v) is 6.41. The zero-order valence-electron chi connectivity index (χ0n) is 14.9. The maximum absolute atomic E-state index is 12.7. The van der Waals surface area contributed by atoms with Crippen LogP contribution in [-0.4, -0.2) is 37.6 Å². The fourth-order valence-electron chi connectivity index (χ4n) is 2.36. The van der Waals surface area contributed by atoms with Crippen LogP contribution in [0.4, 0.5) is 5.69 Å². The van der Waals surface area contributed by atoms with Gasteiger partial charge in [0.25, 0.3) is 5.91 Å². The molecule has 0 saturated heterocycles. The van der Waals surface area contributed by atoms with E-state index in [0.717, 1.165) is 6.42 Å². The Morgan fingerprint density at radius 1 is 1.40 bits per heavy atom. The van der Waals surface area contributed by atoms with E-state index in [0.29, 0.717) is 11.4 Å². The number of anilines is 1. The summed E-state index contributed by atoms with van der Waals surface area (Å²) in [4.78, 5) is 23.6. The number of carbonyl (C=O) groups is 2. The number of benzene rings is 1. The second kappa shape index (κ2) is 7.03. The number of sulfone groups is 1. The predicted molar refractivity (Wildman–Crippen MR) is 94.3 cm³/mol. The van der Waals surface area contributed by atoms with E-state index >= 15 is 0 Å². The standard InChI is InChI=1S/C17H24N2O5S/c1-5-17(3,4)19-15(20)8-11(2)25(22,23)12-6-7-14-13(9-12)18-16(21)10-24-14/h6-7,9,11H,5,8,10H2,1-4H3,(H,18,21)(H,19,20). The second-order valence-electron chi connectivity index (χ2n) is 6.84. The molecule has 0 saturated carbocycles. The van der Waals surface area contributed by atoms with Gasteiger partial charge in [-0.15, -0.1) is 0 Å². The van der Waals surface area contributed by atoms with Gasteiger partial charge in [-0.3, -0.25) is 9.59 Å². The van der Waals surface area contributed by atoms with Crippen molar-refractivity contribution < 1.29 is 22.7 Å². The molecule has 0 radical (unpaired) electrons. The molecule has 2 rings (SSSR count). The molecule has 1 aromatic rings. The molecule has 138 valence electrons. The summed E-state index contributed by atoms with van der Waals surface area (Å²) in [5, 5.41) is 4.53. The fourth-order valence-corrected chi connectivity index (χ4v) is 3.73. The van der Waals surface area contributed by atoms with Crippen LogP contribution in [0.1, 0.15) is 40.5 Å². The van der Waals surface area contributed by atoms with Crippen molar-refractivity contribution in [2.24, 2.45) is 0 Å². The van der Waals surface area contributed by atoms with Crippen molar-refractivity contribution in [3.05, 3.63) is 18.2 Å². The Labute approximate surface area is 148 Å². The first-order chi connectivity index (χ1) is 11.5. The van der Waals surface area contributed by atoms with Gasteiger partial charge in [0.15, 0.2) is 16.4 Å². The van der Waals surface area contributed by atoms with Crippen LogP contribution in [0.25, 0.3) is 0 Å². The van der Waals surface area contributed by atoms with E-state index in [1.54, 1.807) is 0 Å². The van der Waals surface area contributed by atoms with Gasteiger partial charge >= 0.3 is 0 Å². The van der Waals surface area contributed by atoms with Gasteiger partial charge in [-0.25, -0.2) is 8.42 Å². The number of rotatable bonds is 6. The van der Waals surface area contributed by atoms with Gasteiger partial charge in [0.05, 0.1) is 15.8 Å². The van der Waals surface area contributed by atoms with Crippen LogP contribution in [0.2, 0.25) is 0 Å². The van der Waals surface area contributed by atoms with Crippen molar-refractivity contribution in [1.82, 2.24) is 5.32 Å². The monoisotopic (exact) mass is 368 g/mol. The summed E-state index contributed by atoms with van der Waals surface area (Å²) in [5.74, 6) is -0.220. The molecule has 0 aromatic heterocycles. The zero-order valence-corrected chi connectivity index (χ0v) is 15.7. The number of hydrogen-bond acceptors (Lipinski definition) is 5. The van der Waals surface area contributed by atoms with Crippen LogP contribution in [0.3, 0.4) is 0 Å². The first kappa shape index (κ1) is 19.2. The highest BCUT2D eigenvalue weighted by Gasteiger charge is 2.29. The third-order valence-electron chi connectivity index (χ3n) is 4.28. The molecule has 1 aliphatic rings. The van der Waals surface area contributed by atoms with Crippen molar-refractivity contribution >= 4 is 27.3 Å². The summed E-state index contributed by atoms with van der Waals surface area (Å²) < 4.78 is 30.7.